The molecule has 0 aliphatic heterocycles. The van der Waals surface area contributed by atoms with E-state index >= 15 is 0 Å². The van der Waals surface area contributed by atoms with Crippen molar-refractivity contribution in [1.82, 2.24) is 0 Å². The van der Waals surface area contributed by atoms with Crippen LogP contribution in [0.3, 0.4) is 0 Å². The van der Waals surface area contributed by atoms with Crippen molar-refractivity contribution in [2.45, 2.75) is 74.1 Å². The van der Waals surface area contributed by atoms with Crippen molar-refractivity contribution in [3.63, 3.8) is 0 Å². The minimum absolute atomic E-state index is 0.339. The highest BCUT2D eigenvalue weighted by molar-refractivity contribution is 4.92. The third-order valence-corrected chi connectivity index (χ3v) is 3.30. The molecule has 0 saturated carbocycles. The van der Waals surface area contributed by atoms with E-state index in [0.717, 1.165) is 5.92 Å². The smallest absolute Gasteiger partial charge is 0.0203 e. The SMILES string of the molecule is CCC(C)(C)CC(C)CCC=CC(C)(C)C. The molecule has 0 aromatic rings. The number of hydrogen-bond donors (Lipinski definition) is 0. The molecule has 0 N–H and O–H groups in total. The average molecular weight is 224 g/mol. The van der Waals surface area contributed by atoms with Crippen LogP contribution in [0.15, 0.2) is 12.2 Å². The maximum Gasteiger partial charge on any atom is -0.0203 e. The highest BCUT2D eigenvalue weighted by Gasteiger charge is 2.18. The van der Waals surface area contributed by atoms with Gasteiger partial charge >= 0.3 is 0 Å². The van der Waals surface area contributed by atoms with Crippen molar-refractivity contribution in [3.05, 3.63) is 12.2 Å². The minimum Gasteiger partial charge on any atom is -0.0880 e. The van der Waals surface area contributed by atoms with E-state index in [-0.39, 0.29) is 0 Å². The van der Waals surface area contributed by atoms with Crippen LogP contribution in [0.4, 0.5) is 0 Å². The standard InChI is InChI=1S/C16H32/c1-8-16(6,7)13-14(2)11-9-10-12-15(3,4)5/h10,12,14H,8-9,11,13H2,1-7H3. The van der Waals surface area contributed by atoms with E-state index in [1.54, 1.807) is 0 Å². The van der Waals surface area contributed by atoms with Crippen molar-refractivity contribution >= 4 is 0 Å². The summed E-state index contributed by atoms with van der Waals surface area (Å²) in [6.45, 7) is 16.2. The first-order valence-corrected chi connectivity index (χ1v) is 6.84. The maximum atomic E-state index is 2.39. The van der Waals surface area contributed by atoms with E-state index in [4.69, 9.17) is 0 Å². The largest absolute Gasteiger partial charge is 0.0880 e. The molecule has 0 saturated heterocycles. The van der Waals surface area contributed by atoms with E-state index in [1.165, 1.54) is 25.7 Å². The Kier molecular flexibility index (Phi) is 6.36. The molecular weight excluding hydrogens is 192 g/mol. The fraction of sp³-hybridized carbons (Fsp3) is 0.875. The Bertz CT molecular complexity index is 203. The monoisotopic (exact) mass is 224 g/mol. The molecule has 0 amide bonds. The zero-order valence-electron chi connectivity index (χ0n) is 12.6. The van der Waals surface area contributed by atoms with Gasteiger partial charge < -0.3 is 0 Å². The number of rotatable bonds is 6. The van der Waals surface area contributed by atoms with Crippen LogP contribution in [0.1, 0.15) is 74.1 Å². The van der Waals surface area contributed by atoms with Gasteiger partial charge in [-0.05, 0) is 36.0 Å². The van der Waals surface area contributed by atoms with Gasteiger partial charge in [-0.3, -0.25) is 0 Å². The van der Waals surface area contributed by atoms with Crippen molar-refractivity contribution in [2.24, 2.45) is 16.7 Å². The summed E-state index contributed by atoms with van der Waals surface area (Å²) in [4.78, 5) is 0. The Morgan fingerprint density at radius 1 is 1.06 bits per heavy atom. The van der Waals surface area contributed by atoms with Gasteiger partial charge in [0.05, 0.1) is 0 Å². The maximum absolute atomic E-state index is 2.39. The molecule has 0 fully saturated rings. The lowest BCUT2D eigenvalue weighted by atomic mass is 9.80. The molecule has 0 radical (unpaired) electrons. The van der Waals surface area contributed by atoms with Gasteiger partial charge in [0.25, 0.3) is 0 Å². The zero-order valence-corrected chi connectivity index (χ0v) is 12.6. The minimum atomic E-state index is 0.339. The van der Waals surface area contributed by atoms with Gasteiger partial charge in [-0.25, -0.2) is 0 Å². The van der Waals surface area contributed by atoms with Gasteiger partial charge in [0.15, 0.2) is 0 Å². The summed E-state index contributed by atoms with van der Waals surface area (Å²) in [6.07, 6.45) is 9.90. The highest BCUT2D eigenvalue weighted by atomic mass is 14.2. The fourth-order valence-electron chi connectivity index (χ4n) is 2.01. The van der Waals surface area contributed by atoms with Crippen LogP contribution in [0.5, 0.6) is 0 Å². The molecule has 1 unspecified atom stereocenters. The molecule has 96 valence electrons. The molecule has 0 aliphatic rings. The van der Waals surface area contributed by atoms with Crippen LogP contribution in [-0.2, 0) is 0 Å². The molecule has 0 aromatic heterocycles. The Morgan fingerprint density at radius 2 is 1.62 bits per heavy atom. The molecule has 1 atom stereocenters. The second-order valence-corrected chi connectivity index (χ2v) is 7.17. The molecular formula is C16H32. The molecule has 0 aliphatic carbocycles. The molecule has 0 nitrogen and oxygen atoms in total. The quantitative estimate of drug-likeness (QED) is 0.498. The van der Waals surface area contributed by atoms with Crippen LogP contribution in [0, 0.1) is 16.7 Å². The van der Waals surface area contributed by atoms with Gasteiger partial charge in [0.2, 0.25) is 0 Å². The average Bonchev–Trinajstić information content (AvgIpc) is 2.10. The zero-order chi connectivity index (χ0) is 12.8. The van der Waals surface area contributed by atoms with Gasteiger partial charge in [-0.2, -0.15) is 0 Å². The topological polar surface area (TPSA) is 0 Å². The normalized spacial score (nSPS) is 15.7. The Morgan fingerprint density at radius 3 is 2.06 bits per heavy atom. The number of allylic oxidation sites excluding steroid dienone is 2. The van der Waals surface area contributed by atoms with Gasteiger partial charge in [0, 0.05) is 0 Å². The Balaban J connectivity index is 3.83. The fourth-order valence-corrected chi connectivity index (χ4v) is 2.01. The van der Waals surface area contributed by atoms with Crippen LogP contribution < -0.4 is 0 Å². The van der Waals surface area contributed by atoms with E-state index < -0.39 is 0 Å². The molecule has 0 heteroatoms. The second-order valence-electron chi connectivity index (χ2n) is 7.17. The van der Waals surface area contributed by atoms with Gasteiger partial charge in [-0.1, -0.05) is 67.0 Å². The summed E-state index contributed by atoms with van der Waals surface area (Å²) in [5.74, 6) is 0.847. The summed E-state index contributed by atoms with van der Waals surface area (Å²) < 4.78 is 0. The van der Waals surface area contributed by atoms with Crippen molar-refractivity contribution in [3.8, 4) is 0 Å². The van der Waals surface area contributed by atoms with E-state index in [1.807, 2.05) is 0 Å². The first-order chi connectivity index (χ1) is 7.16. The van der Waals surface area contributed by atoms with E-state index in [0.29, 0.717) is 10.8 Å². The second kappa shape index (κ2) is 6.47. The Labute approximate surface area is 104 Å². The Hall–Kier alpha value is -0.260. The molecule has 0 spiro atoms. The molecule has 0 aromatic carbocycles. The predicted molar refractivity (Wildman–Crippen MR) is 75.7 cm³/mol. The van der Waals surface area contributed by atoms with Crippen LogP contribution in [0.25, 0.3) is 0 Å². The molecule has 16 heavy (non-hydrogen) atoms. The van der Waals surface area contributed by atoms with E-state index in [9.17, 15) is 0 Å². The predicted octanol–water partition coefficient (Wildman–Crippen LogP) is 5.83. The summed E-state index contributed by atoms with van der Waals surface area (Å²) in [7, 11) is 0. The van der Waals surface area contributed by atoms with Crippen molar-refractivity contribution in [1.29, 1.82) is 0 Å². The van der Waals surface area contributed by atoms with Crippen LogP contribution in [0.2, 0.25) is 0 Å². The highest BCUT2D eigenvalue weighted by Crippen LogP contribution is 2.30. The van der Waals surface area contributed by atoms with Crippen LogP contribution in [-0.4, -0.2) is 0 Å². The first-order valence-electron chi connectivity index (χ1n) is 6.84. The van der Waals surface area contributed by atoms with Crippen molar-refractivity contribution in [2.75, 3.05) is 0 Å². The lowest BCUT2D eigenvalue weighted by Crippen LogP contribution is -2.14. The van der Waals surface area contributed by atoms with Gasteiger partial charge in [0.1, 0.15) is 0 Å². The lowest BCUT2D eigenvalue weighted by Gasteiger charge is -2.26. The summed E-state index contributed by atoms with van der Waals surface area (Å²) in [5, 5.41) is 0. The van der Waals surface area contributed by atoms with Crippen molar-refractivity contribution < 1.29 is 0 Å². The summed E-state index contributed by atoms with van der Waals surface area (Å²) in [5.41, 5.74) is 0.860. The first kappa shape index (κ1) is 15.7. The third kappa shape index (κ3) is 9.00. The summed E-state index contributed by atoms with van der Waals surface area (Å²) in [6, 6.07) is 0. The summed E-state index contributed by atoms with van der Waals surface area (Å²) >= 11 is 0. The lowest BCUT2D eigenvalue weighted by molar-refractivity contribution is 0.260. The molecule has 0 heterocycles. The van der Waals surface area contributed by atoms with E-state index in [2.05, 4.69) is 60.6 Å². The third-order valence-electron chi connectivity index (χ3n) is 3.30. The van der Waals surface area contributed by atoms with Gasteiger partial charge in [-0.15, -0.1) is 0 Å². The number of hydrogen-bond acceptors (Lipinski definition) is 0. The molecule has 0 rings (SSSR count). The molecule has 0 bridgehead atoms. The van der Waals surface area contributed by atoms with Crippen LogP contribution >= 0.6 is 0 Å².